The van der Waals surface area contributed by atoms with Gasteiger partial charge in [-0.05, 0) is 67.9 Å². The van der Waals surface area contributed by atoms with Crippen molar-refractivity contribution < 1.29 is 24.6 Å². The van der Waals surface area contributed by atoms with Crippen LogP contribution in [0.4, 0.5) is 0 Å². The van der Waals surface area contributed by atoms with E-state index in [1.165, 1.54) is 11.9 Å². The average molecular weight is 496 g/mol. The summed E-state index contributed by atoms with van der Waals surface area (Å²) in [6.07, 6.45) is 2.83. The lowest BCUT2D eigenvalue weighted by Crippen LogP contribution is -2.32. The Morgan fingerprint density at radius 2 is 1.28 bits per heavy atom. The second kappa shape index (κ2) is 11.8. The van der Waals surface area contributed by atoms with Crippen molar-refractivity contribution in [2.24, 2.45) is 0 Å². The number of carbonyl (C=O) groups excluding carboxylic acids is 2. The molecule has 2 N–H and O–H groups in total. The Hall–Kier alpha value is -2.99. The first-order valence-electron chi connectivity index (χ1n) is 12.8. The Bertz CT molecular complexity index is 1110. The van der Waals surface area contributed by atoms with Crippen LogP contribution in [0.2, 0.25) is 0 Å². The summed E-state index contributed by atoms with van der Waals surface area (Å²) in [5, 5.41) is 19.7. The van der Waals surface area contributed by atoms with E-state index in [-0.39, 0.29) is 30.1 Å². The molecule has 2 aromatic rings. The van der Waals surface area contributed by atoms with Gasteiger partial charge < -0.3 is 15.1 Å². The molecule has 2 rings (SSSR count). The highest BCUT2D eigenvalue weighted by molar-refractivity contribution is 5.98. The molecule has 0 radical (unpaired) electrons. The molecule has 1 amide bonds. The Morgan fingerprint density at radius 1 is 0.806 bits per heavy atom. The van der Waals surface area contributed by atoms with Gasteiger partial charge in [0.1, 0.15) is 6.54 Å². The number of carboxylic acids is 1. The lowest BCUT2D eigenvalue weighted by atomic mass is 9.69. The quantitative estimate of drug-likeness (QED) is 0.369. The Morgan fingerprint density at radius 3 is 1.67 bits per heavy atom. The summed E-state index contributed by atoms with van der Waals surface area (Å²) in [6.45, 7) is 11.5. The minimum Gasteiger partial charge on any atom is -0.480 e. The van der Waals surface area contributed by atoms with E-state index in [1.807, 2.05) is 52.0 Å². The number of carbonyl (C=O) groups is 3. The molecule has 6 heteroatoms. The van der Waals surface area contributed by atoms with Gasteiger partial charge in [0.25, 0.3) is 5.91 Å². The van der Waals surface area contributed by atoms with Crippen LogP contribution in [0, 0.1) is 13.8 Å². The molecule has 0 unspecified atom stereocenters. The summed E-state index contributed by atoms with van der Waals surface area (Å²) in [5.41, 5.74) is 3.70. The third kappa shape index (κ3) is 6.04. The summed E-state index contributed by atoms with van der Waals surface area (Å²) in [5.74, 6) is -1.42. The van der Waals surface area contributed by atoms with Gasteiger partial charge in [0.2, 0.25) is 0 Å². The number of aliphatic hydroxyl groups is 1. The van der Waals surface area contributed by atoms with Gasteiger partial charge in [-0.1, -0.05) is 58.0 Å². The predicted octanol–water partition coefficient (Wildman–Crippen LogP) is 5.69. The summed E-state index contributed by atoms with van der Waals surface area (Å²) in [7, 11) is 1.49. The van der Waals surface area contributed by atoms with Crippen LogP contribution in [0.3, 0.4) is 0 Å². The third-order valence-electron chi connectivity index (χ3n) is 7.82. The highest BCUT2D eigenvalue weighted by atomic mass is 16.4. The van der Waals surface area contributed by atoms with E-state index in [0.29, 0.717) is 24.0 Å². The van der Waals surface area contributed by atoms with Crippen molar-refractivity contribution in [3.05, 3.63) is 69.8 Å². The number of likely N-dealkylation sites (N-methyl/N-ethyl adjacent to an activating group) is 1. The van der Waals surface area contributed by atoms with E-state index in [4.69, 9.17) is 5.11 Å². The van der Waals surface area contributed by atoms with Gasteiger partial charge >= 0.3 is 5.97 Å². The van der Waals surface area contributed by atoms with E-state index < -0.39 is 11.6 Å². The van der Waals surface area contributed by atoms with E-state index in [2.05, 4.69) is 19.9 Å². The molecule has 0 fully saturated rings. The number of aliphatic carboxylic acids is 1. The van der Waals surface area contributed by atoms with Crippen molar-refractivity contribution in [3.63, 3.8) is 0 Å². The van der Waals surface area contributed by atoms with Gasteiger partial charge in [-0.3, -0.25) is 14.4 Å². The standard InChI is InChI=1S/C30H41NO5/c1-8-29(36,9-2)18-26(32)24-14-12-22(16-20(24)5)30(10-3,11-4)23-13-15-25(21(6)17-23)28(35)31(7)19-27(33)34/h12-17,36H,8-11,18-19H2,1-7H3,(H,33,34). The average Bonchev–Trinajstić information content (AvgIpc) is 2.84. The number of rotatable bonds is 12. The maximum absolute atomic E-state index is 13.0. The Labute approximate surface area is 215 Å². The molecule has 2 aromatic carbocycles. The zero-order chi connectivity index (χ0) is 27.3. The highest BCUT2D eigenvalue weighted by Gasteiger charge is 2.33. The zero-order valence-electron chi connectivity index (χ0n) is 22.8. The van der Waals surface area contributed by atoms with Crippen LogP contribution in [-0.4, -0.2) is 52.0 Å². The van der Waals surface area contributed by atoms with E-state index >= 15 is 0 Å². The van der Waals surface area contributed by atoms with Crippen molar-refractivity contribution in [1.82, 2.24) is 4.90 Å². The first-order chi connectivity index (χ1) is 16.9. The fourth-order valence-corrected chi connectivity index (χ4v) is 5.08. The van der Waals surface area contributed by atoms with Gasteiger partial charge in [-0.15, -0.1) is 0 Å². The zero-order valence-corrected chi connectivity index (χ0v) is 22.8. The number of nitrogens with zero attached hydrogens (tertiary/aromatic N) is 1. The smallest absolute Gasteiger partial charge is 0.323 e. The maximum Gasteiger partial charge on any atom is 0.323 e. The third-order valence-corrected chi connectivity index (χ3v) is 7.82. The van der Waals surface area contributed by atoms with Gasteiger partial charge in [0.05, 0.1) is 5.60 Å². The monoisotopic (exact) mass is 495 g/mol. The molecule has 0 atom stereocenters. The second-order valence-electron chi connectivity index (χ2n) is 9.93. The lowest BCUT2D eigenvalue weighted by Gasteiger charge is -2.34. The molecule has 0 saturated heterocycles. The number of aryl methyl sites for hydroxylation is 2. The van der Waals surface area contributed by atoms with Crippen molar-refractivity contribution in [3.8, 4) is 0 Å². The Kier molecular flexibility index (Phi) is 9.61. The van der Waals surface area contributed by atoms with Crippen LogP contribution < -0.4 is 0 Å². The molecule has 0 spiro atoms. The summed E-state index contributed by atoms with van der Waals surface area (Å²) in [6, 6.07) is 11.7. The molecule has 196 valence electrons. The molecule has 0 bridgehead atoms. The van der Waals surface area contributed by atoms with Crippen molar-refractivity contribution in [2.75, 3.05) is 13.6 Å². The Balaban J connectivity index is 2.46. The van der Waals surface area contributed by atoms with E-state index in [9.17, 15) is 19.5 Å². The number of amides is 1. The molecule has 0 aliphatic carbocycles. The fraction of sp³-hybridized carbons (Fsp3) is 0.500. The molecule has 0 saturated carbocycles. The van der Waals surface area contributed by atoms with Crippen LogP contribution in [0.1, 0.15) is 103 Å². The number of hydrogen-bond donors (Lipinski definition) is 2. The molecular weight excluding hydrogens is 454 g/mol. The summed E-state index contributed by atoms with van der Waals surface area (Å²) < 4.78 is 0. The number of ketones is 1. The van der Waals surface area contributed by atoms with Crippen LogP contribution in [-0.2, 0) is 10.2 Å². The van der Waals surface area contributed by atoms with Gasteiger partial charge in [-0.2, -0.15) is 0 Å². The summed E-state index contributed by atoms with van der Waals surface area (Å²) in [4.78, 5) is 38.0. The minimum absolute atomic E-state index is 0.0481. The normalized spacial score (nSPS) is 11.9. The fourth-order valence-electron chi connectivity index (χ4n) is 5.08. The lowest BCUT2D eigenvalue weighted by molar-refractivity contribution is -0.137. The molecule has 36 heavy (non-hydrogen) atoms. The molecule has 0 heterocycles. The van der Waals surface area contributed by atoms with Gasteiger partial charge in [-0.25, -0.2) is 0 Å². The van der Waals surface area contributed by atoms with Crippen molar-refractivity contribution in [1.29, 1.82) is 0 Å². The first kappa shape index (κ1) is 29.2. The van der Waals surface area contributed by atoms with Gasteiger partial charge in [0.15, 0.2) is 5.78 Å². The predicted molar refractivity (Wildman–Crippen MR) is 143 cm³/mol. The highest BCUT2D eigenvalue weighted by Crippen LogP contribution is 2.40. The number of benzene rings is 2. The second-order valence-corrected chi connectivity index (χ2v) is 9.93. The molecule has 0 aromatic heterocycles. The van der Waals surface area contributed by atoms with Crippen molar-refractivity contribution in [2.45, 2.75) is 84.7 Å². The van der Waals surface area contributed by atoms with Crippen LogP contribution in [0.5, 0.6) is 0 Å². The van der Waals surface area contributed by atoms with Crippen LogP contribution in [0.15, 0.2) is 36.4 Å². The van der Waals surface area contributed by atoms with E-state index in [1.54, 1.807) is 6.07 Å². The molecular formula is C30H41NO5. The topological polar surface area (TPSA) is 94.9 Å². The minimum atomic E-state index is -1.05. The van der Waals surface area contributed by atoms with E-state index in [0.717, 1.165) is 35.1 Å². The number of Topliss-reactive ketones (excluding diaryl/α,β-unsaturated/α-hetero) is 1. The maximum atomic E-state index is 13.0. The van der Waals surface area contributed by atoms with Crippen molar-refractivity contribution >= 4 is 17.7 Å². The molecule has 6 nitrogen and oxygen atoms in total. The summed E-state index contributed by atoms with van der Waals surface area (Å²) >= 11 is 0. The molecule has 0 aliphatic heterocycles. The van der Waals surface area contributed by atoms with Crippen LogP contribution >= 0.6 is 0 Å². The van der Waals surface area contributed by atoms with Gasteiger partial charge in [0, 0.05) is 30.0 Å². The largest absolute Gasteiger partial charge is 0.480 e. The van der Waals surface area contributed by atoms with Crippen LogP contribution in [0.25, 0.3) is 0 Å². The molecule has 0 aliphatic rings. The SMILES string of the molecule is CCC(O)(CC)CC(=O)c1ccc(C(CC)(CC)c2ccc(C(=O)N(C)CC(=O)O)c(C)c2)cc1C. The number of hydrogen-bond acceptors (Lipinski definition) is 4. The first-order valence-corrected chi connectivity index (χ1v) is 12.8. The number of carboxylic acid groups (broad SMARTS) is 1.